The average molecular weight is 391 g/mol. The van der Waals surface area contributed by atoms with Crippen LogP contribution in [0.4, 0.5) is 0 Å². The van der Waals surface area contributed by atoms with Crippen LogP contribution < -0.4 is 10.4 Å². The van der Waals surface area contributed by atoms with E-state index in [0.717, 1.165) is 54.4 Å². The molecule has 0 N–H and O–H groups in total. The van der Waals surface area contributed by atoms with E-state index < -0.39 is 0 Å². The maximum atomic E-state index is 12.4. The summed E-state index contributed by atoms with van der Waals surface area (Å²) >= 11 is 0. The third-order valence-electron chi connectivity index (χ3n) is 6.03. The lowest BCUT2D eigenvalue weighted by Gasteiger charge is -2.19. The zero-order valence-corrected chi connectivity index (χ0v) is 17.5. The fraction of sp³-hybridized carbons (Fsp3) is 0.423. The van der Waals surface area contributed by atoms with Gasteiger partial charge >= 0.3 is 5.63 Å². The van der Waals surface area contributed by atoms with Crippen LogP contribution in [0.25, 0.3) is 11.0 Å². The molecular formula is C26H30O3. The monoisotopic (exact) mass is 390 g/mol. The molecule has 3 nitrogen and oxygen atoms in total. The molecule has 2 aromatic carbocycles. The maximum absolute atomic E-state index is 12.4. The Bertz CT molecular complexity index is 1030. The molecule has 3 heteroatoms. The van der Waals surface area contributed by atoms with Gasteiger partial charge in [0.15, 0.2) is 0 Å². The molecule has 1 aliphatic carbocycles. The van der Waals surface area contributed by atoms with Crippen LogP contribution in [-0.4, -0.2) is 0 Å². The minimum Gasteiger partial charge on any atom is -0.486 e. The van der Waals surface area contributed by atoms with Gasteiger partial charge < -0.3 is 9.15 Å². The Hall–Kier alpha value is -2.55. The lowest BCUT2D eigenvalue weighted by molar-refractivity contribution is 0.224. The molecule has 1 atom stereocenters. The van der Waals surface area contributed by atoms with Crippen molar-refractivity contribution in [2.75, 3.05) is 0 Å². The number of hydrogen-bond donors (Lipinski definition) is 0. The van der Waals surface area contributed by atoms with Gasteiger partial charge in [-0.3, -0.25) is 0 Å². The van der Waals surface area contributed by atoms with E-state index in [4.69, 9.17) is 9.15 Å². The van der Waals surface area contributed by atoms with Gasteiger partial charge in [0, 0.05) is 17.0 Å². The van der Waals surface area contributed by atoms with Gasteiger partial charge in [-0.2, -0.15) is 0 Å². The van der Waals surface area contributed by atoms with Gasteiger partial charge in [0.1, 0.15) is 17.4 Å². The molecule has 0 spiro atoms. The molecule has 1 heterocycles. The van der Waals surface area contributed by atoms with Gasteiger partial charge in [0.25, 0.3) is 0 Å². The molecule has 0 unspecified atom stereocenters. The van der Waals surface area contributed by atoms with Gasteiger partial charge in [-0.15, -0.1) is 0 Å². The second-order valence-corrected chi connectivity index (χ2v) is 8.14. The largest absolute Gasteiger partial charge is 0.486 e. The van der Waals surface area contributed by atoms with Crippen molar-refractivity contribution in [3.05, 3.63) is 75.1 Å². The zero-order chi connectivity index (χ0) is 20.2. The van der Waals surface area contributed by atoms with E-state index >= 15 is 0 Å². The predicted molar refractivity (Wildman–Crippen MR) is 118 cm³/mol. The van der Waals surface area contributed by atoms with E-state index in [-0.39, 0.29) is 11.7 Å². The second-order valence-electron chi connectivity index (χ2n) is 8.14. The van der Waals surface area contributed by atoms with Crippen molar-refractivity contribution in [2.45, 2.75) is 71.3 Å². The summed E-state index contributed by atoms with van der Waals surface area (Å²) in [5.41, 5.74) is 4.90. The van der Waals surface area contributed by atoms with Gasteiger partial charge in [0.05, 0.1) is 0 Å². The van der Waals surface area contributed by atoms with E-state index in [1.807, 2.05) is 24.3 Å². The Morgan fingerprint density at radius 3 is 2.62 bits per heavy atom. The molecule has 0 saturated carbocycles. The topological polar surface area (TPSA) is 39.4 Å². The highest BCUT2D eigenvalue weighted by atomic mass is 16.5. The van der Waals surface area contributed by atoms with Crippen LogP contribution in [0.2, 0.25) is 0 Å². The van der Waals surface area contributed by atoms with Crippen LogP contribution in [0.1, 0.15) is 74.3 Å². The molecule has 4 rings (SSSR count). The maximum Gasteiger partial charge on any atom is 0.339 e. The molecule has 0 saturated heterocycles. The third kappa shape index (κ3) is 4.24. The van der Waals surface area contributed by atoms with Crippen LogP contribution in [0.5, 0.6) is 5.75 Å². The Morgan fingerprint density at radius 2 is 1.83 bits per heavy atom. The van der Waals surface area contributed by atoms with Crippen molar-refractivity contribution in [3.63, 3.8) is 0 Å². The molecule has 1 aromatic heterocycles. The quantitative estimate of drug-likeness (QED) is 0.324. The summed E-state index contributed by atoms with van der Waals surface area (Å²) in [6.07, 6.45) is 8.62. The van der Waals surface area contributed by atoms with Crippen LogP contribution >= 0.6 is 0 Å². The van der Waals surface area contributed by atoms with Crippen LogP contribution in [0, 0.1) is 0 Å². The Balaban J connectivity index is 1.72. The van der Waals surface area contributed by atoms with E-state index in [2.05, 4.69) is 32.0 Å². The Kier molecular flexibility index (Phi) is 6.03. The van der Waals surface area contributed by atoms with Crippen LogP contribution in [0.15, 0.2) is 51.7 Å². The van der Waals surface area contributed by atoms with Crippen molar-refractivity contribution in [2.24, 2.45) is 0 Å². The van der Waals surface area contributed by atoms with Crippen molar-refractivity contribution in [1.29, 1.82) is 0 Å². The Morgan fingerprint density at radius 1 is 1.03 bits per heavy atom. The molecule has 0 amide bonds. The molecule has 0 bridgehead atoms. The van der Waals surface area contributed by atoms with Gasteiger partial charge in [-0.05, 0) is 61.8 Å². The number of hydrogen-bond acceptors (Lipinski definition) is 3. The number of rotatable bonds is 8. The fourth-order valence-corrected chi connectivity index (χ4v) is 4.38. The summed E-state index contributed by atoms with van der Waals surface area (Å²) in [6, 6.07) is 14.4. The summed E-state index contributed by atoms with van der Waals surface area (Å²) in [7, 11) is 0. The Labute approximate surface area is 172 Å². The molecule has 152 valence electrons. The normalized spacial score (nSPS) is 14.1. The first kappa shape index (κ1) is 19.8. The predicted octanol–water partition coefficient (Wildman–Crippen LogP) is 6.54. The lowest BCUT2D eigenvalue weighted by atomic mass is 9.99. The summed E-state index contributed by atoms with van der Waals surface area (Å²) in [4.78, 5) is 12.4. The van der Waals surface area contributed by atoms with Crippen molar-refractivity contribution in [3.8, 4) is 5.75 Å². The van der Waals surface area contributed by atoms with Gasteiger partial charge in [0.2, 0.25) is 0 Å². The van der Waals surface area contributed by atoms with Crippen LogP contribution in [0.3, 0.4) is 0 Å². The average Bonchev–Trinajstić information content (AvgIpc) is 3.23. The molecule has 0 radical (unpaired) electrons. The SMILES string of the molecule is CCCCCCc1cc2c3c(c(=O)oc2cc1O[C@H](C)c1ccccc1)CCC3. The minimum atomic E-state index is -0.178. The highest BCUT2D eigenvalue weighted by Gasteiger charge is 2.21. The number of benzene rings is 2. The van der Waals surface area contributed by atoms with Crippen molar-refractivity contribution in [1.82, 2.24) is 0 Å². The minimum absolute atomic E-state index is 0.0656. The van der Waals surface area contributed by atoms with Gasteiger partial charge in [-0.1, -0.05) is 56.5 Å². The number of unbranched alkanes of at least 4 members (excludes halogenated alkanes) is 3. The summed E-state index contributed by atoms with van der Waals surface area (Å²) in [5, 5.41) is 1.10. The number of aryl methyl sites for hydroxylation is 2. The van der Waals surface area contributed by atoms with E-state index in [1.54, 1.807) is 0 Å². The van der Waals surface area contributed by atoms with Gasteiger partial charge in [-0.25, -0.2) is 4.79 Å². The molecule has 29 heavy (non-hydrogen) atoms. The molecular weight excluding hydrogens is 360 g/mol. The van der Waals surface area contributed by atoms with Crippen molar-refractivity contribution >= 4 is 11.0 Å². The molecule has 1 aliphatic rings. The molecule has 3 aromatic rings. The van der Waals surface area contributed by atoms with Crippen molar-refractivity contribution < 1.29 is 9.15 Å². The van der Waals surface area contributed by atoms with E-state index in [1.165, 1.54) is 30.4 Å². The first-order valence-corrected chi connectivity index (χ1v) is 11.0. The van der Waals surface area contributed by atoms with E-state index in [9.17, 15) is 4.79 Å². The first-order chi connectivity index (χ1) is 14.2. The highest BCUT2D eigenvalue weighted by molar-refractivity contribution is 5.84. The summed E-state index contributed by atoms with van der Waals surface area (Å²) < 4.78 is 12.1. The van der Waals surface area contributed by atoms with Crippen LogP contribution in [-0.2, 0) is 19.3 Å². The number of ether oxygens (including phenoxy) is 1. The second kappa shape index (κ2) is 8.86. The zero-order valence-electron chi connectivity index (χ0n) is 17.5. The highest BCUT2D eigenvalue weighted by Crippen LogP contribution is 2.35. The smallest absolute Gasteiger partial charge is 0.339 e. The lowest BCUT2D eigenvalue weighted by Crippen LogP contribution is -2.09. The molecule has 0 fully saturated rings. The number of fused-ring (bicyclic) bond motifs is 3. The fourth-order valence-electron chi connectivity index (χ4n) is 4.38. The third-order valence-corrected chi connectivity index (χ3v) is 6.03. The van der Waals surface area contributed by atoms with E-state index in [0.29, 0.717) is 5.58 Å². The summed E-state index contributed by atoms with van der Waals surface area (Å²) in [5.74, 6) is 0.839. The first-order valence-electron chi connectivity index (χ1n) is 11.0. The standard InChI is InChI=1S/C26H30O3/c1-3-4-5-7-13-20-16-23-21-14-10-15-22(21)26(27)29-25(23)17-24(20)28-18(2)19-11-8-6-9-12-19/h6,8-9,11-12,16-18H,3-5,7,10,13-15H2,1-2H3/t18-/m1/s1. The molecule has 0 aliphatic heterocycles. The summed E-state index contributed by atoms with van der Waals surface area (Å²) in [6.45, 7) is 4.30.